The number of aliphatic imine (C=N–C) groups is 1. The fraction of sp³-hybridized carbons (Fsp3) is 0.462. The molecule has 2 aromatic heterocycles. The second-order valence-electron chi connectivity index (χ2n) is 8.68. The molecule has 8 heteroatoms. The normalized spacial score (nSPS) is 15.9. The smallest absolute Gasteiger partial charge is 0.191 e. The summed E-state index contributed by atoms with van der Waals surface area (Å²) in [5.74, 6) is 2.19. The first-order valence-electron chi connectivity index (χ1n) is 11.9. The van der Waals surface area contributed by atoms with Gasteiger partial charge in [0.15, 0.2) is 5.96 Å². The molecule has 1 aliphatic rings. The molecule has 0 saturated carbocycles. The van der Waals surface area contributed by atoms with Gasteiger partial charge in [-0.2, -0.15) is 0 Å². The second kappa shape index (κ2) is 12.9. The lowest BCUT2D eigenvalue weighted by Crippen LogP contribution is -2.38. The highest BCUT2D eigenvalue weighted by atomic mass is 127. The minimum absolute atomic E-state index is 0. The van der Waals surface area contributed by atoms with E-state index in [1.54, 1.807) is 0 Å². The summed E-state index contributed by atoms with van der Waals surface area (Å²) in [6.07, 6.45) is 6.03. The zero-order chi connectivity index (χ0) is 23.0. The van der Waals surface area contributed by atoms with Crippen molar-refractivity contribution >= 4 is 35.6 Å². The third kappa shape index (κ3) is 7.09. The Morgan fingerprint density at radius 3 is 2.91 bits per heavy atom. The van der Waals surface area contributed by atoms with Crippen LogP contribution in [0.15, 0.2) is 47.7 Å². The van der Waals surface area contributed by atoms with Crippen LogP contribution >= 0.6 is 24.0 Å². The molecule has 3 aromatic rings. The van der Waals surface area contributed by atoms with E-state index in [0.29, 0.717) is 19.1 Å². The molecule has 184 valence electrons. The van der Waals surface area contributed by atoms with E-state index in [1.807, 2.05) is 12.3 Å². The second-order valence-corrected chi connectivity index (χ2v) is 8.68. The quantitative estimate of drug-likeness (QED) is 0.226. The van der Waals surface area contributed by atoms with Gasteiger partial charge in [-0.1, -0.05) is 18.2 Å². The summed E-state index contributed by atoms with van der Waals surface area (Å²) in [6.45, 7) is 10.7. The summed E-state index contributed by atoms with van der Waals surface area (Å²) in [5, 5.41) is 6.78. The van der Waals surface area contributed by atoms with Crippen molar-refractivity contribution in [1.29, 1.82) is 0 Å². The number of ether oxygens (including phenoxy) is 2. The van der Waals surface area contributed by atoms with E-state index in [-0.39, 0.29) is 24.0 Å². The van der Waals surface area contributed by atoms with Crippen LogP contribution in [0.25, 0.3) is 5.65 Å². The van der Waals surface area contributed by atoms with Crippen LogP contribution in [0.3, 0.4) is 0 Å². The van der Waals surface area contributed by atoms with Crippen molar-refractivity contribution < 1.29 is 9.47 Å². The molecule has 3 heterocycles. The number of aromatic nitrogens is 2. The summed E-state index contributed by atoms with van der Waals surface area (Å²) in [5.41, 5.74) is 5.55. The number of pyridine rings is 1. The van der Waals surface area contributed by atoms with Crippen LogP contribution in [0.4, 0.5) is 0 Å². The van der Waals surface area contributed by atoms with E-state index in [1.165, 1.54) is 11.1 Å². The molecule has 0 spiro atoms. The summed E-state index contributed by atoms with van der Waals surface area (Å²) >= 11 is 0. The van der Waals surface area contributed by atoms with Crippen LogP contribution in [-0.2, 0) is 17.7 Å². The van der Waals surface area contributed by atoms with Gasteiger partial charge in [0.05, 0.1) is 25.5 Å². The van der Waals surface area contributed by atoms with Gasteiger partial charge in [0.25, 0.3) is 0 Å². The van der Waals surface area contributed by atoms with Crippen LogP contribution in [0.5, 0.6) is 5.75 Å². The fourth-order valence-electron chi connectivity index (χ4n) is 3.99. The Morgan fingerprint density at radius 2 is 2.15 bits per heavy atom. The highest BCUT2D eigenvalue weighted by Gasteiger charge is 2.17. The monoisotopic (exact) mass is 577 g/mol. The minimum atomic E-state index is 0. The van der Waals surface area contributed by atoms with E-state index in [2.05, 4.69) is 66.3 Å². The highest BCUT2D eigenvalue weighted by Crippen LogP contribution is 2.23. The molecular weight excluding hydrogens is 541 g/mol. The number of hydrogen-bond acceptors (Lipinski definition) is 4. The molecule has 0 aliphatic carbocycles. The molecule has 1 atom stereocenters. The fourth-order valence-corrected chi connectivity index (χ4v) is 3.99. The van der Waals surface area contributed by atoms with Crippen LogP contribution in [0.1, 0.15) is 35.7 Å². The average molecular weight is 578 g/mol. The Hall–Kier alpha value is -2.33. The predicted molar refractivity (Wildman–Crippen MR) is 147 cm³/mol. The lowest BCUT2D eigenvalue weighted by Gasteiger charge is -2.15. The molecular formula is C26H36IN5O2. The zero-order valence-corrected chi connectivity index (χ0v) is 22.7. The number of benzene rings is 1. The SMILES string of the molecule is CCNC(=NCc1ccc(C)cc1OCC1CCOC1)NCCc1cn2cccc(C)c2n1.I. The maximum absolute atomic E-state index is 6.17. The number of imidazole rings is 1. The van der Waals surface area contributed by atoms with Gasteiger partial charge < -0.3 is 24.5 Å². The minimum Gasteiger partial charge on any atom is -0.493 e. The molecule has 1 aliphatic heterocycles. The standard InChI is InChI=1S/C26H35N5O2.HI/c1-4-27-26(28-11-9-23-16-31-12-5-6-20(3)25(31)30-23)29-15-22-8-7-19(2)14-24(22)33-18-21-10-13-32-17-21;/h5-8,12,14,16,21H,4,9-11,13,15,17-18H2,1-3H3,(H2,27,28,29);1H. The molecule has 1 unspecified atom stereocenters. The summed E-state index contributed by atoms with van der Waals surface area (Å²) in [7, 11) is 0. The van der Waals surface area contributed by atoms with Crippen molar-refractivity contribution in [2.75, 3.05) is 32.9 Å². The van der Waals surface area contributed by atoms with E-state index >= 15 is 0 Å². The van der Waals surface area contributed by atoms with Crippen molar-refractivity contribution in [1.82, 2.24) is 20.0 Å². The van der Waals surface area contributed by atoms with E-state index < -0.39 is 0 Å². The van der Waals surface area contributed by atoms with Gasteiger partial charge in [0.1, 0.15) is 11.4 Å². The van der Waals surface area contributed by atoms with Crippen LogP contribution in [0, 0.1) is 19.8 Å². The Balaban J connectivity index is 0.00000324. The average Bonchev–Trinajstić information content (AvgIpc) is 3.47. The third-order valence-corrected chi connectivity index (χ3v) is 5.87. The van der Waals surface area contributed by atoms with E-state index in [9.17, 15) is 0 Å². The molecule has 1 aromatic carbocycles. The van der Waals surface area contributed by atoms with Crippen molar-refractivity contribution in [3.63, 3.8) is 0 Å². The predicted octanol–water partition coefficient (Wildman–Crippen LogP) is 4.28. The van der Waals surface area contributed by atoms with Crippen molar-refractivity contribution in [3.05, 3.63) is 65.1 Å². The maximum atomic E-state index is 6.17. The molecule has 1 fully saturated rings. The van der Waals surface area contributed by atoms with Crippen LogP contribution in [-0.4, -0.2) is 48.3 Å². The Morgan fingerprint density at radius 1 is 1.26 bits per heavy atom. The molecule has 7 nitrogen and oxygen atoms in total. The first kappa shape index (κ1) is 26.3. The number of rotatable bonds is 9. The lowest BCUT2D eigenvalue weighted by molar-refractivity contribution is 0.166. The first-order chi connectivity index (χ1) is 16.1. The van der Waals surface area contributed by atoms with Crippen molar-refractivity contribution in [2.24, 2.45) is 10.9 Å². The highest BCUT2D eigenvalue weighted by molar-refractivity contribution is 14.0. The molecule has 1 saturated heterocycles. The largest absolute Gasteiger partial charge is 0.493 e. The van der Waals surface area contributed by atoms with Crippen molar-refractivity contribution in [2.45, 2.75) is 40.2 Å². The third-order valence-electron chi connectivity index (χ3n) is 5.87. The molecule has 34 heavy (non-hydrogen) atoms. The molecule has 2 N–H and O–H groups in total. The molecule has 0 amide bonds. The van der Waals surface area contributed by atoms with Gasteiger partial charge in [-0.15, -0.1) is 24.0 Å². The topological polar surface area (TPSA) is 72.2 Å². The maximum Gasteiger partial charge on any atom is 0.191 e. The number of aryl methyl sites for hydroxylation is 2. The number of fused-ring (bicyclic) bond motifs is 1. The number of nitrogens with one attached hydrogen (secondary N) is 2. The summed E-state index contributed by atoms with van der Waals surface area (Å²) < 4.78 is 13.7. The Kier molecular flexibility index (Phi) is 10.0. The summed E-state index contributed by atoms with van der Waals surface area (Å²) in [4.78, 5) is 9.56. The van der Waals surface area contributed by atoms with Gasteiger partial charge in [-0.25, -0.2) is 9.98 Å². The van der Waals surface area contributed by atoms with Gasteiger partial charge in [-0.3, -0.25) is 0 Å². The zero-order valence-electron chi connectivity index (χ0n) is 20.3. The van der Waals surface area contributed by atoms with E-state index in [0.717, 1.165) is 67.8 Å². The molecule has 4 rings (SSSR count). The summed E-state index contributed by atoms with van der Waals surface area (Å²) in [6, 6.07) is 10.5. The van der Waals surface area contributed by atoms with Crippen LogP contribution in [0.2, 0.25) is 0 Å². The van der Waals surface area contributed by atoms with Gasteiger partial charge in [-0.05, 0) is 50.5 Å². The van der Waals surface area contributed by atoms with Crippen molar-refractivity contribution in [3.8, 4) is 5.75 Å². The van der Waals surface area contributed by atoms with Gasteiger partial charge in [0.2, 0.25) is 0 Å². The first-order valence-corrected chi connectivity index (χ1v) is 11.9. The Bertz CT molecular complexity index is 1090. The number of nitrogens with zero attached hydrogens (tertiary/aromatic N) is 3. The van der Waals surface area contributed by atoms with E-state index in [4.69, 9.17) is 19.5 Å². The lowest BCUT2D eigenvalue weighted by atomic mass is 10.1. The number of halogens is 1. The molecule has 0 radical (unpaired) electrons. The van der Waals surface area contributed by atoms with Crippen LogP contribution < -0.4 is 15.4 Å². The van der Waals surface area contributed by atoms with Gasteiger partial charge in [0, 0.05) is 50.0 Å². The molecule has 0 bridgehead atoms. The van der Waals surface area contributed by atoms with Gasteiger partial charge >= 0.3 is 0 Å². The number of guanidine groups is 1. The Labute approximate surface area is 219 Å². The number of hydrogen-bond donors (Lipinski definition) is 2.